The van der Waals surface area contributed by atoms with Gasteiger partial charge in [-0.05, 0) is 55.7 Å². The third-order valence-electron chi connectivity index (χ3n) is 7.08. The zero-order valence-corrected chi connectivity index (χ0v) is 23.0. The third-order valence-corrected chi connectivity index (χ3v) is 8.01. The molecular formula is C27H34ClN5O3S. The molecule has 2 fully saturated rings. The lowest BCUT2D eigenvalue weighted by molar-refractivity contribution is -0.133. The fraction of sp³-hybridized carbons (Fsp3) is 0.481. The number of piperidine rings is 1. The van der Waals surface area contributed by atoms with Crippen molar-refractivity contribution in [1.82, 2.24) is 14.8 Å². The van der Waals surface area contributed by atoms with Gasteiger partial charge >= 0.3 is 0 Å². The van der Waals surface area contributed by atoms with Crippen molar-refractivity contribution in [3.05, 3.63) is 47.1 Å². The van der Waals surface area contributed by atoms with E-state index in [-0.39, 0.29) is 17.7 Å². The summed E-state index contributed by atoms with van der Waals surface area (Å²) in [7, 11) is 0. The van der Waals surface area contributed by atoms with Gasteiger partial charge in [0.2, 0.25) is 11.8 Å². The number of halogens is 1. The second-order valence-corrected chi connectivity index (χ2v) is 10.9. The van der Waals surface area contributed by atoms with Gasteiger partial charge in [-0.2, -0.15) is 0 Å². The van der Waals surface area contributed by atoms with Crippen LogP contribution in [0.3, 0.4) is 0 Å². The van der Waals surface area contributed by atoms with Gasteiger partial charge in [0, 0.05) is 74.3 Å². The second kappa shape index (κ2) is 12.6. The summed E-state index contributed by atoms with van der Waals surface area (Å²) in [6.07, 6.45) is 6.92. The number of amides is 3. The lowest BCUT2D eigenvalue weighted by atomic mass is 9.93. The van der Waals surface area contributed by atoms with E-state index in [4.69, 9.17) is 11.6 Å². The van der Waals surface area contributed by atoms with E-state index in [2.05, 4.69) is 15.2 Å². The predicted octanol–water partition coefficient (Wildman–Crippen LogP) is 4.40. The molecule has 4 rings (SSSR count). The molecule has 37 heavy (non-hydrogen) atoms. The van der Waals surface area contributed by atoms with Gasteiger partial charge in [0.15, 0.2) is 5.82 Å². The van der Waals surface area contributed by atoms with Crippen LogP contribution in [0.1, 0.15) is 43.0 Å². The van der Waals surface area contributed by atoms with Crippen molar-refractivity contribution < 1.29 is 14.4 Å². The van der Waals surface area contributed by atoms with Crippen LogP contribution in [-0.2, 0) is 9.59 Å². The Morgan fingerprint density at radius 2 is 1.78 bits per heavy atom. The van der Waals surface area contributed by atoms with Crippen molar-refractivity contribution in [3.8, 4) is 0 Å². The minimum atomic E-state index is -0.231. The van der Waals surface area contributed by atoms with Crippen LogP contribution in [0.25, 0.3) is 0 Å². The van der Waals surface area contributed by atoms with Crippen molar-refractivity contribution in [2.24, 2.45) is 5.92 Å². The highest BCUT2D eigenvalue weighted by Crippen LogP contribution is 2.32. The third kappa shape index (κ3) is 7.17. The van der Waals surface area contributed by atoms with Crippen LogP contribution < -0.4 is 10.2 Å². The molecule has 2 aromatic rings. The monoisotopic (exact) mass is 543 g/mol. The Labute approximate surface area is 227 Å². The van der Waals surface area contributed by atoms with Gasteiger partial charge < -0.3 is 20.0 Å². The molecule has 10 heteroatoms. The quantitative estimate of drug-likeness (QED) is 0.544. The number of nitrogens with one attached hydrogen (secondary N) is 1. The highest BCUT2D eigenvalue weighted by Gasteiger charge is 2.27. The highest BCUT2D eigenvalue weighted by atomic mass is 35.5. The Balaban J connectivity index is 1.37. The minimum absolute atomic E-state index is 0.0731. The van der Waals surface area contributed by atoms with Crippen molar-refractivity contribution in [2.45, 2.75) is 37.5 Å². The molecule has 2 aliphatic rings. The number of anilines is 2. The van der Waals surface area contributed by atoms with Crippen molar-refractivity contribution in [3.63, 3.8) is 0 Å². The molecule has 0 aliphatic carbocycles. The molecule has 3 amide bonds. The van der Waals surface area contributed by atoms with Crippen LogP contribution in [-0.4, -0.2) is 78.0 Å². The number of thioether (sulfide) groups is 1. The lowest BCUT2D eigenvalue weighted by Crippen LogP contribution is -2.39. The average Bonchev–Trinajstić information content (AvgIpc) is 3.16. The molecule has 0 saturated carbocycles. The van der Waals surface area contributed by atoms with Crippen LogP contribution in [0, 0.1) is 5.92 Å². The lowest BCUT2D eigenvalue weighted by Gasteiger charge is -2.34. The van der Waals surface area contributed by atoms with Gasteiger partial charge in [-0.25, -0.2) is 4.98 Å². The summed E-state index contributed by atoms with van der Waals surface area (Å²) in [4.78, 5) is 49.2. The van der Waals surface area contributed by atoms with Crippen LogP contribution >= 0.6 is 23.4 Å². The van der Waals surface area contributed by atoms with E-state index in [1.807, 2.05) is 28.3 Å². The van der Waals surface area contributed by atoms with E-state index in [1.165, 1.54) is 0 Å². The Kier molecular flexibility index (Phi) is 9.32. The average molecular weight is 544 g/mol. The first kappa shape index (κ1) is 27.3. The Morgan fingerprint density at radius 1 is 1.05 bits per heavy atom. The fourth-order valence-corrected chi connectivity index (χ4v) is 5.51. The predicted molar refractivity (Wildman–Crippen MR) is 148 cm³/mol. The zero-order valence-electron chi connectivity index (χ0n) is 21.4. The summed E-state index contributed by atoms with van der Waals surface area (Å²) < 4.78 is 0. The maximum atomic E-state index is 13.0. The maximum absolute atomic E-state index is 13.0. The number of benzene rings is 1. The summed E-state index contributed by atoms with van der Waals surface area (Å²) >= 11 is 7.64. The van der Waals surface area contributed by atoms with E-state index >= 15 is 0 Å². The van der Waals surface area contributed by atoms with Crippen molar-refractivity contribution in [2.75, 3.05) is 55.7 Å². The molecule has 1 aromatic heterocycles. The number of carbonyl (C=O) groups excluding carboxylic acids is 3. The van der Waals surface area contributed by atoms with Crippen molar-refractivity contribution in [1.29, 1.82) is 0 Å². The minimum Gasteiger partial charge on any atom is -0.355 e. The Bertz CT molecular complexity index is 1140. The Morgan fingerprint density at radius 3 is 2.49 bits per heavy atom. The first-order valence-corrected chi connectivity index (χ1v) is 14.3. The molecule has 1 N–H and O–H groups in total. The second-order valence-electron chi connectivity index (χ2n) is 9.59. The van der Waals surface area contributed by atoms with Crippen LogP contribution in [0.2, 0.25) is 5.02 Å². The van der Waals surface area contributed by atoms with E-state index in [9.17, 15) is 14.4 Å². The molecule has 198 valence electrons. The van der Waals surface area contributed by atoms with Gasteiger partial charge in [0.05, 0.1) is 5.69 Å². The van der Waals surface area contributed by atoms with E-state index < -0.39 is 0 Å². The van der Waals surface area contributed by atoms with E-state index in [0.717, 1.165) is 49.6 Å². The number of carbonyl (C=O) groups is 3. The van der Waals surface area contributed by atoms with Gasteiger partial charge in [-0.15, -0.1) is 11.8 Å². The molecule has 0 bridgehead atoms. The molecule has 3 heterocycles. The van der Waals surface area contributed by atoms with E-state index in [1.54, 1.807) is 43.0 Å². The Hall–Kier alpha value is -2.78. The molecule has 8 nitrogen and oxygen atoms in total. The molecular weight excluding hydrogens is 510 g/mol. The number of pyridine rings is 1. The molecule has 1 aromatic carbocycles. The van der Waals surface area contributed by atoms with Crippen molar-refractivity contribution >= 4 is 52.6 Å². The normalized spacial score (nSPS) is 16.9. The largest absolute Gasteiger partial charge is 0.355 e. The standard InChI is InChI=1S/C27H34ClN5O3S/c1-19(34)31-9-4-10-32(14-13-31)25(35)15-20-7-11-33(12-8-20)26-24(17-23(37-2)18-29-26)30-27(36)21-5-3-6-22(28)16-21/h3,5-6,16-18,20H,4,7-15H2,1-2H3,(H,30,36). The number of rotatable bonds is 6. The highest BCUT2D eigenvalue weighted by molar-refractivity contribution is 7.98. The summed E-state index contributed by atoms with van der Waals surface area (Å²) in [5.41, 5.74) is 1.16. The molecule has 2 aliphatic heterocycles. The summed E-state index contributed by atoms with van der Waals surface area (Å²) in [5, 5.41) is 3.54. The van der Waals surface area contributed by atoms with Crippen LogP contribution in [0.4, 0.5) is 11.5 Å². The molecule has 0 spiro atoms. The van der Waals surface area contributed by atoms with Crippen LogP contribution in [0.5, 0.6) is 0 Å². The molecule has 0 radical (unpaired) electrons. The summed E-state index contributed by atoms with van der Waals surface area (Å²) in [6, 6.07) is 8.83. The summed E-state index contributed by atoms with van der Waals surface area (Å²) in [5.74, 6) is 1.08. The zero-order chi connectivity index (χ0) is 26.4. The smallest absolute Gasteiger partial charge is 0.255 e. The van der Waals surface area contributed by atoms with E-state index in [0.29, 0.717) is 48.2 Å². The molecule has 0 unspecified atom stereocenters. The first-order valence-electron chi connectivity index (χ1n) is 12.7. The van der Waals surface area contributed by atoms with Gasteiger partial charge in [-0.1, -0.05) is 17.7 Å². The maximum Gasteiger partial charge on any atom is 0.255 e. The topological polar surface area (TPSA) is 85.8 Å². The van der Waals surface area contributed by atoms with Crippen LogP contribution in [0.15, 0.2) is 41.4 Å². The summed E-state index contributed by atoms with van der Waals surface area (Å²) in [6.45, 7) is 5.77. The van der Waals surface area contributed by atoms with Gasteiger partial charge in [0.1, 0.15) is 0 Å². The van der Waals surface area contributed by atoms with Gasteiger partial charge in [-0.3, -0.25) is 14.4 Å². The number of hydrogen-bond acceptors (Lipinski definition) is 6. The number of nitrogens with zero attached hydrogens (tertiary/aromatic N) is 4. The molecule has 0 atom stereocenters. The fourth-order valence-electron chi connectivity index (χ4n) is 4.92. The number of hydrogen-bond donors (Lipinski definition) is 1. The number of aromatic nitrogens is 1. The first-order chi connectivity index (χ1) is 17.8. The van der Waals surface area contributed by atoms with Gasteiger partial charge in [0.25, 0.3) is 5.91 Å². The molecule has 2 saturated heterocycles. The SMILES string of the molecule is CSc1cnc(N2CCC(CC(=O)N3CCCN(C(C)=O)CC3)CC2)c(NC(=O)c2cccc(Cl)c2)c1.